The summed E-state index contributed by atoms with van der Waals surface area (Å²) in [5.41, 5.74) is 0.0842. The van der Waals surface area contributed by atoms with Crippen molar-refractivity contribution in [1.82, 2.24) is 4.98 Å². The second-order valence-electron chi connectivity index (χ2n) is 2.01. The molecule has 1 aromatic heterocycles. The van der Waals surface area contributed by atoms with Crippen LogP contribution in [0.2, 0.25) is 0 Å². The third kappa shape index (κ3) is 1.82. The van der Waals surface area contributed by atoms with E-state index in [2.05, 4.69) is 9.72 Å². The first-order chi connectivity index (χ1) is 5.77. The number of hydrogen-bond acceptors (Lipinski definition) is 5. The second kappa shape index (κ2) is 3.87. The molecule has 0 aliphatic heterocycles. The molecular formula is C7H9NO4. The van der Waals surface area contributed by atoms with Gasteiger partial charge in [0.25, 0.3) is 0 Å². The van der Waals surface area contributed by atoms with Gasteiger partial charge in [0.05, 0.1) is 6.61 Å². The molecule has 1 aromatic rings. The summed E-state index contributed by atoms with van der Waals surface area (Å²) in [5, 5.41) is 8.55. The lowest BCUT2D eigenvalue weighted by molar-refractivity contribution is 0.0519. The first-order valence-corrected chi connectivity index (χ1v) is 3.50. The van der Waals surface area contributed by atoms with Crippen LogP contribution in [0.5, 0.6) is 0 Å². The molecule has 0 amide bonds. The first kappa shape index (κ1) is 8.73. The van der Waals surface area contributed by atoms with Crippen LogP contribution in [0.4, 0.5) is 0 Å². The summed E-state index contributed by atoms with van der Waals surface area (Å²) in [6, 6.07) is 0. The van der Waals surface area contributed by atoms with Gasteiger partial charge in [-0.05, 0) is 6.92 Å². The minimum atomic E-state index is -0.541. The summed E-state index contributed by atoms with van der Waals surface area (Å²) in [6.07, 6.45) is 1.16. The van der Waals surface area contributed by atoms with E-state index in [0.29, 0.717) is 6.61 Å². The predicted octanol–water partition coefficient (Wildman–Crippen LogP) is 0.344. The molecule has 0 unspecified atom stereocenters. The smallest absolute Gasteiger partial charge is 0.360 e. The van der Waals surface area contributed by atoms with Crippen molar-refractivity contribution < 1.29 is 19.1 Å². The Morgan fingerprint density at radius 2 is 2.58 bits per heavy atom. The van der Waals surface area contributed by atoms with E-state index in [-0.39, 0.29) is 18.2 Å². The number of aromatic nitrogens is 1. The van der Waals surface area contributed by atoms with Crippen LogP contribution in [0.15, 0.2) is 10.7 Å². The number of carbonyl (C=O) groups is 1. The average Bonchev–Trinajstić information content (AvgIpc) is 2.52. The lowest BCUT2D eigenvalue weighted by atomic mass is 10.5. The largest absolute Gasteiger partial charge is 0.461 e. The molecular weight excluding hydrogens is 162 g/mol. The highest BCUT2D eigenvalue weighted by Crippen LogP contribution is 2.03. The Hall–Kier alpha value is -1.36. The van der Waals surface area contributed by atoms with Crippen molar-refractivity contribution in [2.75, 3.05) is 6.61 Å². The van der Waals surface area contributed by atoms with Crippen LogP contribution >= 0.6 is 0 Å². The fourth-order valence-electron chi connectivity index (χ4n) is 0.682. The number of aliphatic hydroxyl groups excluding tert-OH is 1. The number of hydrogen-bond donors (Lipinski definition) is 1. The van der Waals surface area contributed by atoms with Gasteiger partial charge >= 0.3 is 5.97 Å². The molecule has 5 nitrogen and oxygen atoms in total. The molecule has 1 N–H and O–H groups in total. The van der Waals surface area contributed by atoms with Gasteiger partial charge in [0.1, 0.15) is 12.9 Å². The van der Waals surface area contributed by atoms with Gasteiger partial charge in [0.15, 0.2) is 5.69 Å². The Morgan fingerprint density at radius 1 is 1.83 bits per heavy atom. The Balaban J connectivity index is 2.68. The quantitative estimate of drug-likeness (QED) is 0.664. The molecule has 0 atom stereocenters. The maximum atomic E-state index is 10.9. The molecule has 0 spiro atoms. The first-order valence-electron chi connectivity index (χ1n) is 3.50. The minimum Gasteiger partial charge on any atom is -0.461 e. The van der Waals surface area contributed by atoms with Crippen molar-refractivity contribution >= 4 is 5.97 Å². The Morgan fingerprint density at radius 3 is 3.08 bits per heavy atom. The number of carbonyl (C=O) groups excluding carboxylic acids is 1. The van der Waals surface area contributed by atoms with E-state index < -0.39 is 5.97 Å². The zero-order valence-electron chi connectivity index (χ0n) is 6.61. The standard InChI is InChI=1S/C7H9NO4/c1-2-11-7(10)5-4-12-6(3-9)8-5/h4,9H,2-3H2,1H3. The topological polar surface area (TPSA) is 72.6 Å². The average molecular weight is 171 g/mol. The molecule has 5 heteroatoms. The molecule has 1 rings (SSSR count). The van der Waals surface area contributed by atoms with Gasteiger partial charge in [-0.15, -0.1) is 0 Å². The SMILES string of the molecule is CCOC(=O)c1coc(CO)n1. The number of ether oxygens (including phenoxy) is 1. The number of oxazole rings is 1. The van der Waals surface area contributed by atoms with Crippen molar-refractivity contribution in [2.24, 2.45) is 0 Å². The van der Waals surface area contributed by atoms with Crippen molar-refractivity contribution in [3.8, 4) is 0 Å². The van der Waals surface area contributed by atoms with Crippen LogP contribution in [0.3, 0.4) is 0 Å². The summed E-state index contributed by atoms with van der Waals surface area (Å²) in [7, 11) is 0. The van der Waals surface area contributed by atoms with Crippen molar-refractivity contribution in [1.29, 1.82) is 0 Å². The van der Waals surface area contributed by atoms with Crippen molar-refractivity contribution in [3.05, 3.63) is 17.8 Å². The highest BCUT2D eigenvalue weighted by Gasteiger charge is 2.11. The van der Waals surface area contributed by atoms with Gasteiger partial charge in [-0.1, -0.05) is 0 Å². The Kier molecular flexibility index (Phi) is 2.82. The monoisotopic (exact) mass is 171 g/mol. The molecule has 0 aromatic carbocycles. The zero-order chi connectivity index (χ0) is 8.97. The zero-order valence-corrected chi connectivity index (χ0v) is 6.61. The second-order valence-corrected chi connectivity index (χ2v) is 2.01. The van der Waals surface area contributed by atoms with E-state index in [1.807, 2.05) is 0 Å². The summed E-state index contributed by atoms with van der Waals surface area (Å²) < 4.78 is 9.36. The summed E-state index contributed by atoms with van der Waals surface area (Å²) in [4.78, 5) is 14.6. The highest BCUT2D eigenvalue weighted by molar-refractivity contribution is 5.86. The summed E-state index contributed by atoms with van der Waals surface area (Å²) >= 11 is 0. The third-order valence-corrected chi connectivity index (χ3v) is 1.17. The van der Waals surface area contributed by atoms with E-state index in [4.69, 9.17) is 9.52 Å². The van der Waals surface area contributed by atoms with Crippen LogP contribution in [0.25, 0.3) is 0 Å². The van der Waals surface area contributed by atoms with E-state index in [1.54, 1.807) is 6.92 Å². The lowest BCUT2D eigenvalue weighted by Gasteiger charge is -1.94. The maximum absolute atomic E-state index is 10.9. The Bertz CT molecular complexity index is 268. The van der Waals surface area contributed by atoms with E-state index in [1.165, 1.54) is 0 Å². The van der Waals surface area contributed by atoms with Gasteiger partial charge in [-0.25, -0.2) is 9.78 Å². The molecule has 0 aliphatic rings. The molecule has 0 saturated heterocycles. The molecule has 0 aliphatic carbocycles. The van der Waals surface area contributed by atoms with Gasteiger partial charge in [0, 0.05) is 0 Å². The predicted molar refractivity (Wildman–Crippen MR) is 38.4 cm³/mol. The van der Waals surface area contributed by atoms with Crippen LogP contribution in [-0.2, 0) is 11.3 Å². The molecule has 1 heterocycles. The van der Waals surface area contributed by atoms with Gasteiger partial charge in [-0.3, -0.25) is 0 Å². The number of nitrogens with zero attached hydrogens (tertiary/aromatic N) is 1. The van der Waals surface area contributed by atoms with Crippen molar-refractivity contribution in [3.63, 3.8) is 0 Å². The van der Waals surface area contributed by atoms with Crippen LogP contribution < -0.4 is 0 Å². The van der Waals surface area contributed by atoms with E-state index in [0.717, 1.165) is 6.26 Å². The summed E-state index contributed by atoms with van der Waals surface area (Å²) in [5.74, 6) is -0.431. The Labute approximate surface area is 69.0 Å². The van der Waals surface area contributed by atoms with Crippen LogP contribution in [-0.4, -0.2) is 22.7 Å². The van der Waals surface area contributed by atoms with Gasteiger partial charge < -0.3 is 14.3 Å². The molecule has 0 bridgehead atoms. The van der Waals surface area contributed by atoms with Gasteiger partial charge in [-0.2, -0.15) is 0 Å². The molecule has 66 valence electrons. The highest BCUT2D eigenvalue weighted by atomic mass is 16.5. The van der Waals surface area contributed by atoms with Crippen LogP contribution in [0.1, 0.15) is 23.3 Å². The normalized spacial score (nSPS) is 9.83. The fourth-order valence-corrected chi connectivity index (χ4v) is 0.682. The minimum absolute atomic E-state index is 0.0842. The van der Waals surface area contributed by atoms with E-state index in [9.17, 15) is 4.79 Å². The molecule has 0 saturated carbocycles. The maximum Gasteiger partial charge on any atom is 0.360 e. The fraction of sp³-hybridized carbons (Fsp3) is 0.429. The molecule has 12 heavy (non-hydrogen) atoms. The summed E-state index contributed by atoms with van der Waals surface area (Å²) in [6.45, 7) is 1.67. The van der Waals surface area contributed by atoms with Gasteiger partial charge in [0.2, 0.25) is 5.89 Å². The number of esters is 1. The third-order valence-electron chi connectivity index (χ3n) is 1.17. The van der Waals surface area contributed by atoms with E-state index >= 15 is 0 Å². The molecule has 0 radical (unpaired) electrons. The van der Waals surface area contributed by atoms with Crippen molar-refractivity contribution in [2.45, 2.75) is 13.5 Å². The number of rotatable bonds is 3. The van der Waals surface area contributed by atoms with Crippen LogP contribution in [0, 0.1) is 0 Å². The molecule has 0 fully saturated rings. The number of aliphatic hydroxyl groups is 1. The lowest BCUT2D eigenvalue weighted by Crippen LogP contribution is -2.04.